The molecule has 1 N–H and O–H groups in total. The van der Waals surface area contributed by atoms with Crippen LogP contribution in [0.1, 0.15) is 12.5 Å². The zero-order valence-corrected chi connectivity index (χ0v) is 6.55. The average Bonchev–Trinajstić information content (AvgIpc) is 1.96. The van der Waals surface area contributed by atoms with Crippen LogP contribution < -0.4 is 10.1 Å². The molecule has 0 aliphatic carbocycles. The Labute approximate surface area is 66.2 Å². The fourth-order valence-corrected chi connectivity index (χ4v) is 1.22. The first-order valence-corrected chi connectivity index (χ1v) is 3.90. The number of anilines is 1. The summed E-state index contributed by atoms with van der Waals surface area (Å²) in [6.45, 7) is 3.84. The maximum absolute atomic E-state index is 5.18. The standard InChI is InChI=1S/C9H11NO/c1-2-10-8-3-4-9-7(5-8)6-11-9/h3-5,10H,2,6H2,1H3. The van der Waals surface area contributed by atoms with Crippen LogP contribution in [0.25, 0.3) is 0 Å². The van der Waals surface area contributed by atoms with Crippen molar-refractivity contribution in [3.05, 3.63) is 23.8 Å². The van der Waals surface area contributed by atoms with Crippen LogP contribution in [-0.2, 0) is 6.61 Å². The summed E-state index contributed by atoms with van der Waals surface area (Å²) >= 11 is 0. The summed E-state index contributed by atoms with van der Waals surface area (Å²) in [5.41, 5.74) is 2.50. The van der Waals surface area contributed by atoms with Crippen LogP contribution in [0, 0.1) is 0 Å². The molecule has 1 aromatic rings. The molecule has 2 heteroatoms. The van der Waals surface area contributed by atoms with Crippen molar-refractivity contribution in [3.8, 4) is 5.75 Å². The summed E-state index contributed by atoms with van der Waals surface area (Å²) in [6.07, 6.45) is 0. The molecular formula is C9H11NO. The number of fused-ring (bicyclic) bond motifs is 1. The molecule has 2 nitrogen and oxygen atoms in total. The van der Waals surface area contributed by atoms with Crippen molar-refractivity contribution < 1.29 is 4.74 Å². The van der Waals surface area contributed by atoms with Gasteiger partial charge in [-0.2, -0.15) is 0 Å². The molecule has 0 radical (unpaired) electrons. The van der Waals surface area contributed by atoms with Gasteiger partial charge in [-0.1, -0.05) is 0 Å². The SMILES string of the molecule is CCNc1ccc2c(c1)CO2. The largest absolute Gasteiger partial charge is 0.488 e. The second-order valence-electron chi connectivity index (χ2n) is 2.64. The van der Waals surface area contributed by atoms with E-state index in [2.05, 4.69) is 18.3 Å². The molecule has 1 aliphatic heterocycles. The van der Waals surface area contributed by atoms with Crippen molar-refractivity contribution in [2.45, 2.75) is 13.5 Å². The van der Waals surface area contributed by atoms with E-state index in [1.165, 1.54) is 11.3 Å². The van der Waals surface area contributed by atoms with E-state index in [1.54, 1.807) is 0 Å². The molecule has 58 valence electrons. The minimum atomic E-state index is 0.772. The van der Waals surface area contributed by atoms with E-state index in [-0.39, 0.29) is 0 Å². The predicted octanol–water partition coefficient (Wildman–Crippen LogP) is 2.01. The van der Waals surface area contributed by atoms with Gasteiger partial charge in [-0.15, -0.1) is 0 Å². The fraction of sp³-hybridized carbons (Fsp3) is 0.333. The van der Waals surface area contributed by atoms with Crippen molar-refractivity contribution >= 4 is 5.69 Å². The van der Waals surface area contributed by atoms with Gasteiger partial charge in [-0.3, -0.25) is 0 Å². The number of hydrogen-bond donors (Lipinski definition) is 1. The first-order chi connectivity index (χ1) is 5.40. The molecule has 0 aromatic heterocycles. The van der Waals surface area contributed by atoms with Gasteiger partial charge in [0.05, 0.1) is 0 Å². The van der Waals surface area contributed by atoms with E-state index in [4.69, 9.17) is 4.74 Å². The van der Waals surface area contributed by atoms with Crippen LogP contribution in [0.15, 0.2) is 18.2 Å². The number of benzene rings is 1. The lowest BCUT2D eigenvalue weighted by Gasteiger charge is -2.20. The van der Waals surface area contributed by atoms with Gasteiger partial charge in [-0.05, 0) is 25.1 Å². The second kappa shape index (κ2) is 2.46. The molecule has 0 unspecified atom stereocenters. The van der Waals surface area contributed by atoms with Gasteiger partial charge >= 0.3 is 0 Å². The summed E-state index contributed by atoms with van der Waals surface area (Å²) in [5.74, 6) is 1.03. The summed E-state index contributed by atoms with van der Waals surface area (Å²) in [6, 6.07) is 6.20. The van der Waals surface area contributed by atoms with E-state index in [0.29, 0.717) is 0 Å². The Morgan fingerprint density at radius 3 is 3.00 bits per heavy atom. The van der Waals surface area contributed by atoms with E-state index < -0.39 is 0 Å². The van der Waals surface area contributed by atoms with E-state index in [9.17, 15) is 0 Å². The molecule has 0 fully saturated rings. The van der Waals surface area contributed by atoms with Gasteiger partial charge in [0.15, 0.2) is 0 Å². The Bertz CT molecular complexity index is 270. The molecule has 0 saturated heterocycles. The van der Waals surface area contributed by atoms with Crippen molar-refractivity contribution in [2.24, 2.45) is 0 Å². The Balaban J connectivity index is 2.24. The van der Waals surface area contributed by atoms with Crippen LogP contribution in [-0.4, -0.2) is 6.54 Å². The zero-order chi connectivity index (χ0) is 7.68. The summed E-state index contributed by atoms with van der Waals surface area (Å²) in [4.78, 5) is 0. The highest BCUT2D eigenvalue weighted by Crippen LogP contribution is 2.30. The molecule has 0 bridgehead atoms. The first kappa shape index (κ1) is 6.53. The van der Waals surface area contributed by atoms with Crippen LogP contribution >= 0.6 is 0 Å². The van der Waals surface area contributed by atoms with Gasteiger partial charge < -0.3 is 10.1 Å². The predicted molar refractivity (Wildman–Crippen MR) is 44.9 cm³/mol. The topological polar surface area (TPSA) is 21.3 Å². The van der Waals surface area contributed by atoms with E-state index in [0.717, 1.165) is 18.9 Å². The number of nitrogens with one attached hydrogen (secondary N) is 1. The summed E-state index contributed by atoms with van der Waals surface area (Å²) < 4.78 is 5.18. The van der Waals surface area contributed by atoms with Crippen molar-refractivity contribution in [1.29, 1.82) is 0 Å². The van der Waals surface area contributed by atoms with Crippen LogP contribution in [0.3, 0.4) is 0 Å². The number of rotatable bonds is 2. The van der Waals surface area contributed by atoms with Gasteiger partial charge in [0.1, 0.15) is 12.4 Å². The molecule has 1 aliphatic rings. The highest BCUT2D eigenvalue weighted by Gasteiger charge is 2.13. The van der Waals surface area contributed by atoms with Crippen LogP contribution in [0.5, 0.6) is 5.75 Å². The highest BCUT2D eigenvalue weighted by atomic mass is 16.5. The third kappa shape index (κ3) is 1.04. The smallest absolute Gasteiger partial charge is 0.126 e. The van der Waals surface area contributed by atoms with Gasteiger partial charge in [0.25, 0.3) is 0 Å². The van der Waals surface area contributed by atoms with Crippen LogP contribution in [0.2, 0.25) is 0 Å². The third-order valence-corrected chi connectivity index (χ3v) is 1.82. The third-order valence-electron chi connectivity index (χ3n) is 1.82. The quantitative estimate of drug-likeness (QED) is 0.694. The molecule has 0 saturated carbocycles. The van der Waals surface area contributed by atoms with Crippen molar-refractivity contribution in [1.82, 2.24) is 0 Å². The Morgan fingerprint density at radius 2 is 2.45 bits per heavy atom. The van der Waals surface area contributed by atoms with E-state index in [1.807, 2.05) is 12.1 Å². The Morgan fingerprint density at radius 1 is 1.55 bits per heavy atom. The minimum Gasteiger partial charge on any atom is -0.488 e. The highest BCUT2D eigenvalue weighted by molar-refractivity contribution is 5.53. The molecule has 0 amide bonds. The van der Waals surface area contributed by atoms with Crippen LogP contribution in [0.4, 0.5) is 5.69 Å². The molecule has 1 heterocycles. The molecule has 2 rings (SSSR count). The second-order valence-corrected chi connectivity index (χ2v) is 2.64. The average molecular weight is 149 g/mol. The lowest BCUT2D eigenvalue weighted by molar-refractivity contribution is 0.243. The molecule has 11 heavy (non-hydrogen) atoms. The Hall–Kier alpha value is -1.18. The zero-order valence-electron chi connectivity index (χ0n) is 6.55. The number of hydrogen-bond acceptors (Lipinski definition) is 2. The Kier molecular flexibility index (Phi) is 1.46. The maximum Gasteiger partial charge on any atom is 0.126 e. The maximum atomic E-state index is 5.18. The van der Waals surface area contributed by atoms with Gasteiger partial charge in [-0.25, -0.2) is 0 Å². The molecule has 1 aromatic carbocycles. The minimum absolute atomic E-state index is 0.772. The summed E-state index contributed by atoms with van der Waals surface area (Å²) in [7, 11) is 0. The van der Waals surface area contributed by atoms with Crippen molar-refractivity contribution in [2.75, 3.05) is 11.9 Å². The fourth-order valence-electron chi connectivity index (χ4n) is 1.22. The normalized spacial score (nSPS) is 12.8. The molecule has 0 atom stereocenters. The first-order valence-electron chi connectivity index (χ1n) is 3.90. The van der Waals surface area contributed by atoms with E-state index >= 15 is 0 Å². The van der Waals surface area contributed by atoms with Crippen molar-refractivity contribution in [3.63, 3.8) is 0 Å². The molecular weight excluding hydrogens is 138 g/mol. The lowest BCUT2D eigenvalue weighted by atomic mass is 10.1. The number of ether oxygens (including phenoxy) is 1. The molecule has 0 spiro atoms. The van der Waals surface area contributed by atoms with Gasteiger partial charge in [0.2, 0.25) is 0 Å². The lowest BCUT2D eigenvalue weighted by Crippen LogP contribution is -2.09. The summed E-state index contributed by atoms with van der Waals surface area (Å²) in [5, 5.41) is 3.25. The van der Waals surface area contributed by atoms with Gasteiger partial charge in [0, 0.05) is 17.8 Å². The monoisotopic (exact) mass is 149 g/mol.